The highest BCUT2D eigenvalue weighted by atomic mass is 35.5. The largest absolute Gasteiger partial charge is 0.390 e. The maximum atomic E-state index is 12.2. The van der Waals surface area contributed by atoms with Crippen molar-refractivity contribution >= 4 is 17.4 Å². The molecule has 1 aromatic rings. The molecule has 0 aliphatic heterocycles. The predicted octanol–water partition coefficient (Wildman–Crippen LogP) is 3.87. The molecular formula is C14H21ClF3N3. The van der Waals surface area contributed by atoms with E-state index in [0.717, 1.165) is 12.1 Å². The van der Waals surface area contributed by atoms with Crippen LogP contribution in [0.15, 0.2) is 12.3 Å². The van der Waals surface area contributed by atoms with Crippen LogP contribution in [0, 0.1) is 5.92 Å². The fourth-order valence-corrected chi connectivity index (χ4v) is 2.09. The third-order valence-electron chi connectivity index (χ3n) is 2.85. The Morgan fingerprint density at radius 1 is 1.38 bits per heavy atom. The summed E-state index contributed by atoms with van der Waals surface area (Å²) in [7, 11) is 1.55. The number of rotatable bonds is 7. The van der Waals surface area contributed by atoms with Crippen LogP contribution in [0.25, 0.3) is 0 Å². The van der Waals surface area contributed by atoms with Gasteiger partial charge in [0.15, 0.2) is 0 Å². The lowest BCUT2D eigenvalue weighted by atomic mass is 10.2. The van der Waals surface area contributed by atoms with Gasteiger partial charge < -0.3 is 10.2 Å². The molecule has 0 fully saturated rings. The molecule has 21 heavy (non-hydrogen) atoms. The van der Waals surface area contributed by atoms with Gasteiger partial charge in [0, 0.05) is 26.3 Å². The van der Waals surface area contributed by atoms with Crippen molar-refractivity contribution in [2.45, 2.75) is 33.0 Å². The van der Waals surface area contributed by atoms with Crippen LogP contribution >= 0.6 is 11.6 Å². The molecule has 1 aromatic heterocycles. The van der Waals surface area contributed by atoms with E-state index in [4.69, 9.17) is 11.6 Å². The van der Waals surface area contributed by atoms with Gasteiger partial charge in [-0.3, -0.25) is 0 Å². The number of nitrogens with zero attached hydrogens (tertiary/aromatic N) is 2. The van der Waals surface area contributed by atoms with Crippen molar-refractivity contribution < 1.29 is 13.2 Å². The quantitative estimate of drug-likeness (QED) is 0.825. The maximum Gasteiger partial charge on any atom is 0.390 e. The first-order valence-electron chi connectivity index (χ1n) is 6.82. The monoisotopic (exact) mass is 323 g/mol. The Hall–Kier alpha value is -1.01. The average Bonchev–Trinajstić information content (AvgIpc) is 2.35. The summed E-state index contributed by atoms with van der Waals surface area (Å²) in [5.74, 6) is 0.912. The molecule has 1 heterocycles. The molecule has 7 heteroatoms. The highest BCUT2D eigenvalue weighted by Gasteiger charge is 2.27. The van der Waals surface area contributed by atoms with E-state index >= 15 is 0 Å². The summed E-state index contributed by atoms with van der Waals surface area (Å²) in [6, 6.07) is 1.74. The van der Waals surface area contributed by atoms with Gasteiger partial charge in [-0.1, -0.05) is 25.4 Å². The van der Waals surface area contributed by atoms with Crippen molar-refractivity contribution in [2.24, 2.45) is 5.92 Å². The van der Waals surface area contributed by atoms with E-state index in [0.29, 0.717) is 23.3 Å². The second-order valence-electron chi connectivity index (χ2n) is 5.46. The molecule has 120 valence electrons. The molecular weight excluding hydrogens is 303 g/mol. The number of alkyl halides is 3. The van der Waals surface area contributed by atoms with Gasteiger partial charge in [-0.05, 0) is 24.1 Å². The van der Waals surface area contributed by atoms with Crippen LogP contribution in [-0.2, 0) is 6.54 Å². The molecule has 0 bridgehead atoms. The van der Waals surface area contributed by atoms with Crippen LogP contribution in [0.1, 0.15) is 25.8 Å². The van der Waals surface area contributed by atoms with Crippen molar-refractivity contribution in [1.82, 2.24) is 10.3 Å². The topological polar surface area (TPSA) is 28.2 Å². The minimum atomic E-state index is -4.18. The van der Waals surface area contributed by atoms with Crippen LogP contribution in [0.3, 0.4) is 0 Å². The molecule has 0 atom stereocenters. The van der Waals surface area contributed by atoms with Crippen LogP contribution in [-0.4, -0.2) is 31.3 Å². The predicted molar refractivity (Wildman–Crippen MR) is 79.7 cm³/mol. The highest BCUT2D eigenvalue weighted by molar-refractivity contribution is 6.33. The lowest BCUT2D eigenvalue weighted by Crippen LogP contribution is -2.25. The molecule has 0 saturated heterocycles. The summed E-state index contributed by atoms with van der Waals surface area (Å²) in [6.45, 7) is 5.57. The molecule has 3 nitrogen and oxygen atoms in total. The van der Waals surface area contributed by atoms with Gasteiger partial charge in [-0.2, -0.15) is 13.2 Å². The van der Waals surface area contributed by atoms with E-state index in [1.54, 1.807) is 19.3 Å². The first-order valence-corrected chi connectivity index (χ1v) is 7.20. The van der Waals surface area contributed by atoms with Gasteiger partial charge >= 0.3 is 6.18 Å². The number of aromatic nitrogens is 1. The Morgan fingerprint density at radius 3 is 2.57 bits per heavy atom. The molecule has 0 unspecified atom stereocenters. The third kappa shape index (κ3) is 7.00. The lowest BCUT2D eigenvalue weighted by molar-refractivity contribution is -0.132. The Bertz CT molecular complexity index is 450. The Morgan fingerprint density at radius 2 is 2.05 bits per heavy atom. The number of pyridine rings is 1. The van der Waals surface area contributed by atoms with E-state index < -0.39 is 12.6 Å². The van der Waals surface area contributed by atoms with Gasteiger partial charge in [0.25, 0.3) is 0 Å². The molecule has 0 spiro atoms. The van der Waals surface area contributed by atoms with Gasteiger partial charge in [-0.25, -0.2) is 4.98 Å². The summed E-state index contributed by atoms with van der Waals surface area (Å²) < 4.78 is 36.6. The van der Waals surface area contributed by atoms with Crippen molar-refractivity contribution in [2.75, 3.05) is 25.0 Å². The Kier molecular flexibility index (Phi) is 6.74. The molecule has 1 rings (SSSR count). The lowest BCUT2D eigenvalue weighted by Gasteiger charge is -2.20. The summed E-state index contributed by atoms with van der Waals surface area (Å²) >= 11 is 6.10. The number of hydrogen-bond acceptors (Lipinski definition) is 3. The van der Waals surface area contributed by atoms with E-state index in [9.17, 15) is 13.2 Å². The van der Waals surface area contributed by atoms with Crippen LogP contribution in [0.4, 0.5) is 19.0 Å². The molecule has 0 saturated carbocycles. The van der Waals surface area contributed by atoms with Crippen molar-refractivity contribution in [3.63, 3.8) is 0 Å². The summed E-state index contributed by atoms with van der Waals surface area (Å²) in [4.78, 5) is 5.58. The van der Waals surface area contributed by atoms with Crippen LogP contribution in [0.5, 0.6) is 0 Å². The van der Waals surface area contributed by atoms with Crippen LogP contribution < -0.4 is 10.2 Å². The highest BCUT2D eigenvalue weighted by Crippen LogP contribution is 2.25. The molecule has 0 aliphatic rings. The Labute approximate surface area is 128 Å². The van der Waals surface area contributed by atoms with E-state index in [1.165, 1.54) is 4.90 Å². The second-order valence-corrected chi connectivity index (χ2v) is 5.87. The number of halogens is 4. The smallest absolute Gasteiger partial charge is 0.358 e. The standard InChI is InChI=1S/C14H21ClF3N3/c1-10(2)7-19-8-11-6-12(15)13(20-9-11)21(3)5-4-14(16,17)18/h6,9-10,19H,4-5,7-8H2,1-3H3. The zero-order valence-corrected chi connectivity index (χ0v) is 13.2. The van der Waals surface area contributed by atoms with Gasteiger partial charge in [-0.15, -0.1) is 0 Å². The summed E-state index contributed by atoms with van der Waals surface area (Å²) in [5, 5.41) is 3.63. The fourth-order valence-electron chi connectivity index (χ4n) is 1.75. The molecule has 1 N–H and O–H groups in total. The number of anilines is 1. The Balaban J connectivity index is 2.60. The van der Waals surface area contributed by atoms with Crippen LogP contribution in [0.2, 0.25) is 5.02 Å². The average molecular weight is 324 g/mol. The molecule has 0 aliphatic carbocycles. The fraction of sp³-hybridized carbons (Fsp3) is 0.643. The second kappa shape index (κ2) is 7.84. The molecule has 0 aromatic carbocycles. The first kappa shape index (κ1) is 18.0. The van der Waals surface area contributed by atoms with Crippen molar-refractivity contribution in [3.05, 3.63) is 22.8 Å². The van der Waals surface area contributed by atoms with Gasteiger partial charge in [0.2, 0.25) is 0 Å². The van der Waals surface area contributed by atoms with E-state index in [1.807, 2.05) is 0 Å². The molecule has 0 amide bonds. The number of nitrogens with one attached hydrogen (secondary N) is 1. The zero-order chi connectivity index (χ0) is 16.0. The van der Waals surface area contributed by atoms with Crippen molar-refractivity contribution in [1.29, 1.82) is 0 Å². The summed E-state index contributed by atoms with van der Waals surface area (Å²) in [5.41, 5.74) is 0.911. The normalized spacial score (nSPS) is 12.0. The van der Waals surface area contributed by atoms with E-state index in [-0.39, 0.29) is 6.54 Å². The van der Waals surface area contributed by atoms with Crippen molar-refractivity contribution in [3.8, 4) is 0 Å². The maximum absolute atomic E-state index is 12.2. The van der Waals surface area contributed by atoms with E-state index in [2.05, 4.69) is 24.1 Å². The summed E-state index contributed by atoms with van der Waals surface area (Å²) in [6.07, 6.45) is -3.43. The number of hydrogen-bond donors (Lipinski definition) is 1. The SMILES string of the molecule is CC(C)CNCc1cnc(N(C)CCC(F)(F)F)c(Cl)c1. The third-order valence-corrected chi connectivity index (χ3v) is 3.13. The van der Waals surface area contributed by atoms with Gasteiger partial charge in [0.1, 0.15) is 5.82 Å². The minimum absolute atomic E-state index is 0.166. The first-order chi connectivity index (χ1) is 9.69. The molecule has 0 radical (unpaired) electrons. The van der Waals surface area contributed by atoms with Gasteiger partial charge in [0.05, 0.1) is 11.4 Å². The zero-order valence-electron chi connectivity index (χ0n) is 12.5. The minimum Gasteiger partial charge on any atom is -0.358 e.